The molecule has 6 rings (SSSR count). The number of nitrogens with one attached hydrogen (secondary N) is 2. The maximum atomic E-state index is 13.7. The highest BCUT2D eigenvalue weighted by Crippen LogP contribution is 2.42. The van der Waals surface area contributed by atoms with Gasteiger partial charge in [0.1, 0.15) is 28.7 Å². The number of carbonyl (C=O) groups excluding carboxylic acids is 1. The first-order valence-corrected chi connectivity index (χ1v) is 15.9. The number of allylic oxidation sites excluding steroid dienone is 1. The third-order valence-electron chi connectivity index (χ3n) is 7.85. The van der Waals surface area contributed by atoms with E-state index in [-0.39, 0.29) is 28.2 Å². The summed E-state index contributed by atoms with van der Waals surface area (Å²) < 4.78 is 52.8. The Morgan fingerprint density at radius 2 is 1.82 bits per heavy atom. The number of aromatic amines is 1. The molecule has 2 aromatic carbocycles. The van der Waals surface area contributed by atoms with Crippen molar-refractivity contribution in [2.75, 3.05) is 24.7 Å². The largest absolute Gasteiger partial charge is 0.455 e. The molecule has 0 saturated carbocycles. The predicted molar refractivity (Wildman–Crippen MR) is 170 cm³/mol. The second-order valence-corrected chi connectivity index (χ2v) is 12.8. The fourth-order valence-electron chi connectivity index (χ4n) is 5.37. The standard InChI is InChI=1S/C33H29FN4O6S/c1-18-7-12-25-27(6-5-13-36-25)43-30(18)24-14-20(17-37-32(24)39)22-15-23-28(16-26(22)38(3)45(4,41)42)44-31(29(23)33(40)35-2)19-8-10-21(34)11-9-19/h5-6,8-11,13-17H,7,12H2,1-4H3,(H,35,40)(H,37,39). The Labute approximate surface area is 258 Å². The zero-order chi connectivity index (χ0) is 32.0. The lowest BCUT2D eigenvalue weighted by molar-refractivity contribution is 0.0964. The quantitative estimate of drug-likeness (QED) is 0.254. The number of aromatic nitrogens is 2. The maximum absolute atomic E-state index is 13.7. The van der Waals surface area contributed by atoms with Gasteiger partial charge in [0.15, 0.2) is 0 Å². The van der Waals surface area contributed by atoms with Crippen molar-refractivity contribution in [3.8, 4) is 28.2 Å². The summed E-state index contributed by atoms with van der Waals surface area (Å²) in [6.07, 6.45) is 5.50. The molecule has 0 fully saturated rings. The van der Waals surface area contributed by atoms with Crippen molar-refractivity contribution < 1.29 is 26.8 Å². The number of halogens is 1. The minimum Gasteiger partial charge on any atom is -0.455 e. The van der Waals surface area contributed by atoms with Gasteiger partial charge in [-0.3, -0.25) is 18.9 Å². The van der Waals surface area contributed by atoms with Crippen LogP contribution < -0.4 is 19.9 Å². The van der Waals surface area contributed by atoms with Gasteiger partial charge < -0.3 is 19.5 Å². The van der Waals surface area contributed by atoms with Gasteiger partial charge in [-0.2, -0.15) is 0 Å². The number of rotatable bonds is 6. The van der Waals surface area contributed by atoms with E-state index in [2.05, 4.69) is 15.3 Å². The van der Waals surface area contributed by atoms with Crippen LogP contribution in [-0.4, -0.2) is 44.6 Å². The van der Waals surface area contributed by atoms with Gasteiger partial charge in [-0.15, -0.1) is 0 Å². The summed E-state index contributed by atoms with van der Waals surface area (Å²) in [7, 11) is -0.881. The number of sulfonamides is 1. The molecule has 0 saturated heterocycles. The van der Waals surface area contributed by atoms with E-state index in [1.807, 2.05) is 6.92 Å². The molecular weight excluding hydrogens is 599 g/mol. The predicted octanol–water partition coefficient (Wildman–Crippen LogP) is 5.50. The number of aryl methyl sites for hydroxylation is 1. The molecule has 0 radical (unpaired) electrons. The van der Waals surface area contributed by atoms with Gasteiger partial charge in [-0.05, 0) is 73.9 Å². The number of carbonyl (C=O) groups is 1. The summed E-state index contributed by atoms with van der Waals surface area (Å²) in [6, 6.07) is 13.9. The van der Waals surface area contributed by atoms with E-state index in [4.69, 9.17) is 9.15 Å². The molecule has 45 heavy (non-hydrogen) atoms. The van der Waals surface area contributed by atoms with Crippen LogP contribution in [0.4, 0.5) is 10.1 Å². The third-order valence-corrected chi connectivity index (χ3v) is 9.04. The minimum atomic E-state index is -3.76. The third kappa shape index (κ3) is 5.48. The molecular formula is C33H29FN4O6S. The monoisotopic (exact) mass is 628 g/mol. The first-order chi connectivity index (χ1) is 21.5. The Morgan fingerprint density at radius 3 is 2.53 bits per heavy atom. The van der Waals surface area contributed by atoms with E-state index in [0.717, 1.165) is 21.8 Å². The van der Waals surface area contributed by atoms with Crippen molar-refractivity contribution in [3.05, 3.63) is 106 Å². The Morgan fingerprint density at radius 1 is 1.07 bits per heavy atom. The molecule has 3 aromatic heterocycles. The van der Waals surface area contributed by atoms with E-state index in [1.165, 1.54) is 50.6 Å². The number of hydrogen-bond acceptors (Lipinski definition) is 7. The number of hydrogen-bond donors (Lipinski definition) is 2. The topological polar surface area (TPSA) is 135 Å². The van der Waals surface area contributed by atoms with Gasteiger partial charge in [0.05, 0.1) is 28.8 Å². The second-order valence-electron chi connectivity index (χ2n) is 10.8. The van der Waals surface area contributed by atoms with Crippen molar-refractivity contribution in [2.45, 2.75) is 19.8 Å². The lowest BCUT2D eigenvalue weighted by Crippen LogP contribution is -2.25. The smallest absolute Gasteiger partial charge is 0.259 e. The Hall–Kier alpha value is -5.23. The molecule has 1 aliphatic heterocycles. The molecule has 0 atom stereocenters. The zero-order valence-electron chi connectivity index (χ0n) is 24.9. The molecule has 230 valence electrons. The average Bonchev–Trinajstić information content (AvgIpc) is 3.31. The highest BCUT2D eigenvalue weighted by Gasteiger charge is 2.27. The summed E-state index contributed by atoms with van der Waals surface area (Å²) in [5, 5.41) is 3.02. The molecule has 1 amide bonds. The highest BCUT2D eigenvalue weighted by molar-refractivity contribution is 7.92. The number of furan rings is 1. The Kier molecular flexibility index (Phi) is 7.53. The van der Waals surface area contributed by atoms with Gasteiger partial charge in [0, 0.05) is 54.6 Å². The van der Waals surface area contributed by atoms with Crippen LogP contribution in [0.15, 0.2) is 81.8 Å². The first-order valence-electron chi connectivity index (χ1n) is 14.0. The average molecular weight is 629 g/mol. The van der Waals surface area contributed by atoms with Crippen LogP contribution in [-0.2, 0) is 16.4 Å². The van der Waals surface area contributed by atoms with Crippen LogP contribution in [0, 0.1) is 5.82 Å². The van der Waals surface area contributed by atoms with E-state index < -0.39 is 27.3 Å². The zero-order valence-corrected chi connectivity index (χ0v) is 25.7. The fraction of sp³-hybridized carbons (Fsp3) is 0.182. The molecule has 0 unspecified atom stereocenters. The van der Waals surface area contributed by atoms with Crippen LogP contribution in [0.3, 0.4) is 0 Å². The number of H-pyrrole nitrogens is 1. The summed E-state index contributed by atoms with van der Waals surface area (Å²) in [6.45, 7) is 1.89. The summed E-state index contributed by atoms with van der Waals surface area (Å²) in [5.74, 6) is 0.223. The summed E-state index contributed by atoms with van der Waals surface area (Å²) in [4.78, 5) is 33.7. The highest BCUT2D eigenvalue weighted by atomic mass is 32.2. The number of pyridine rings is 2. The van der Waals surface area contributed by atoms with E-state index >= 15 is 0 Å². The number of fused-ring (bicyclic) bond motifs is 2. The van der Waals surface area contributed by atoms with Crippen LogP contribution in [0.2, 0.25) is 0 Å². The van der Waals surface area contributed by atoms with Crippen molar-refractivity contribution in [1.29, 1.82) is 0 Å². The summed E-state index contributed by atoms with van der Waals surface area (Å²) in [5.41, 5.74) is 3.47. The number of anilines is 1. The van der Waals surface area contributed by atoms with Crippen LogP contribution in [0.5, 0.6) is 5.75 Å². The molecule has 10 nitrogen and oxygen atoms in total. The van der Waals surface area contributed by atoms with Crippen molar-refractivity contribution in [1.82, 2.24) is 15.3 Å². The van der Waals surface area contributed by atoms with Gasteiger partial charge >= 0.3 is 0 Å². The Balaban J connectivity index is 1.60. The number of benzene rings is 2. The normalized spacial score (nSPS) is 13.3. The van der Waals surface area contributed by atoms with Crippen LogP contribution in [0.1, 0.15) is 35.0 Å². The number of ether oxygens (including phenoxy) is 1. The molecule has 12 heteroatoms. The van der Waals surface area contributed by atoms with Gasteiger partial charge in [-0.1, -0.05) is 0 Å². The fourth-order valence-corrected chi connectivity index (χ4v) is 5.88. The summed E-state index contributed by atoms with van der Waals surface area (Å²) >= 11 is 0. The van der Waals surface area contributed by atoms with Crippen LogP contribution >= 0.6 is 0 Å². The number of amides is 1. The van der Waals surface area contributed by atoms with Crippen molar-refractivity contribution in [2.24, 2.45) is 0 Å². The number of nitrogens with zero attached hydrogens (tertiary/aromatic N) is 2. The van der Waals surface area contributed by atoms with Gasteiger partial charge in [0.2, 0.25) is 10.0 Å². The molecule has 2 N–H and O–H groups in total. The van der Waals surface area contributed by atoms with Crippen molar-refractivity contribution in [3.63, 3.8) is 0 Å². The lowest BCUT2D eigenvalue weighted by Gasteiger charge is -2.21. The SMILES string of the molecule is CNC(=O)c1c(-c2ccc(F)cc2)oc2cc(N(C)S(C)(=O)=O)c(-c3c[nH]c(=O)c(C4=C(C)CCc5ncccc5O4)c3)cc12. The van der Waals surface area contributed by atoms with E-state index in [1.54, 1.807) is 30.5 Å². The maximum Gasteiger partial charge on any atom is 0.259 e. The molecule has 0 spiro atoms. The molecule has 0 aliphatic carbocycles. The van der Waals surface area contributed by atoms with Gasteiger partial charge in [0.25, 0.3) is 11.5 Å². The molecule has 0 bridgehead atoms. The molecule has 5 aromatic rings. The lowest BCUT2D eigenvalue weighted by atomic mass is 9.97. The van der Waals surface area contributed by atoms with Gasteiger partial charge in [-0.25, -0.2) is 12.8 Å². The molecule has 4 heterocycles. The minimum absolute atomic E-state index is 0.188. The first kappa shape index (κ1) is 29.8. The second kappa shape index (κ2) is 11.4. The van der Waals surface area contributed by atoms with Crippen molar-refractivity contribution >= 4 is 38.3 Å². The Bertz CT molecular complexity index is 2190. The van der Waals surface area contributed by atoms with E-state index in [0.29, 0.717) is 46.4 Å². The van der Waals surface area contributed by atoms with Crippen LogP contribution in [0.25, 0.3) is 39.2 Å². The van der Waals surface area contributed by atoms with E-state index in [9.17, 15) is 22.4 Å². The molecule has 1 aliphatic rings.